The van der Waals surface area contributed by atoms with Crippen LogP contribution in [0.3, 0.4) is 0 Å². The molecule has 2 N–H and O–H groups in total. The van der Waals surface area contributed by atoms with Crippen molar-refractivity contribution in [2.45, 2.75) is 39.3 Å². The molecule has 156 valence electrons. The molecule has 1 fully saturated rings. The maximum Gasteiger partial charge on any atom is 0.434 e. The molecule has 1 saturated heterocycles. The zero-order valence-corrected chi connectivity index (χ0v) is 19.0. The lowest BCUT2D eigenvalue weighted by atomic mass is 10.2. The van der Waals surface area contributed by atoms with Crippen molar-refractivity contribution >= 4 is 41.3 Å². The molecule has 2 rings (SSSR count). The number of hydrogen-bond donors (Lipinski definition) is 2. The molecule has 5 nitrogen and oxygen atoms in total. The van der Waals surface area contributed by atoms with Gasteiger partial charge in [-0.15, -0.1) is 35.3 Å². The summed E-state index contributed by atoms with van der Waals surface area (Å²) in [6, 6.07) is 0. The van der Waals surface area contributed by atoms with E-state index in [1.54, 1.807) is 0 Å². The minimum Gasteiger partial charge on any atom is -0.357 e. The van der Waals surface area contributed by atoms with Gasteiger partial charge in [0.2, 0.25) is 0 Å². The Morgan fingerprint density at radius 2 is 2.04 bits per heavy atom. The molecule has 1 unspecified atom stereocenters. The van der Waals surface area contributed by atoms with Crippen LogP contribution in [0.4, 0.5) is 13.2 Å². The Balaban J connectivity index is 0.00000364. The molecule has 0 aromatic carbocycles. The summed E-state index contributed by atoms with van der Waals surface area (Å²) in [7, 11) is 0. The predicted molar refractivity (Wildman–Crippen MR) is 115 cm³/mol. The number of nitrogens with one attached hydrogen (secondary N) is 2. The lowest BCUT2D eigenvalue weighted by Gasteiger charge is -2.19. The Labute approximate surface area is 180 Å². The fraction of sp³-hybridized carbons (Fsp3) is 0.765. The number of hydrogen-bond acceptors (Lipinski definition) is 4. The fourth-order valence-corrected chi connectivity index (χ4v) is 3.70. The smallest absolute Gasteiger partial charge is 0.357 e. The van der Waals surface area contributed by atoms with Gasteiger partial charge in [0.15, 0.2) is 11.7 Å². The van der Waals surface area contributed by atoms with Gasteiger partial charge in [-0.2, -0.15) is 13.2 Å². The quantitative estimate of drug-likeness (QED) is 0.313. The first-order chi connectivity index (χ1) is 12.4. The molecule has 1 aliphatic heterocycles. The number of aromatic nitrogens is 1. The van der Waals surface area contributed by atoms with Gasteiger partial charge in [0.05, 0.1) is 5.01 Å². The second-order valence-corrected chi connectivity index (χ2v) is 7.58. The third-order valence-corrected chi connectivity index (χ3v) is 5.06. The topological polar surface area (TPSA) is 52.6 Å². The van der Waals surface area contributed by atoms with Gasteiger partial charge in [-0.3, -0.25) is 4.99 Å². The first kappa shape index (κ1) is 24.4. The molecule has 2 heterocycles. The lowest BCUT2D eigenvalue weighted by molar-refractivity contribution is -0.140. The van der Waals surface area contributed by atoms with E-state index < -0.39 is 11.9 Å². The Morgan fingerprint density at radius 3 is 2.63 bits per heavy atom. The van der Waals surface area contributed by atoms with Crippen LogP contribution in [0.5, 0.6) is 0 Å². The Hall–Kier alpha value is -0.620. The van der Waals surface area contributed by atoms with Gasteiger partial charge in [-0.1, -0.05) is 6.92 Å². The van der Waals surface area contributed by atoms with Crippen molar-refractivity contribution in [3.63, 3.8) is 0 Å². The molecule has 0 radical (unpaired) electrons. The summed E-state index contributed by atoms with van der Waals surface area (Å²) in [4.78, 5) is 10.7. The number of alkyl halides is 3. The van der Waals surface area contributed by atoms with E-state index in [-0.39, 0.29) is 24.0 Å². The average Bonchev–Trinajstić information content (AvgIpc) is 3.24. The van der Waals surface area contributed by atoms with Crippen LogP contribution in [-0.4, -0.2) is 55.1 Å². The van der Waals surface area contributed by atoms with Crippen molar-refractivity contribution in [3.8, 4) is 0 Å². The molecule has 0 saturated carbocycles. The highest BCUT2D eigenvalue weighted by Crippen LogP contribution is 2.29. The summed E-state index contributed by atoms with van der Waals surface area (Å²) < 4.78 is 37.7. The summed E-state index contributed by atoms with van der Waals surface area (Å²) in [5.74, 6) is 1.17. The molecular weight excluding hydrogens is 490 g/mol. The van der Waals surface area contributed by atoms with Crippen LogP contribution in [-0.2, 0) is 12.6 Å². The number of halogens is 4. The zero-order valence-electron chi connectivity index (χ0n) is 15.8. The van der Waals surface area contributed by atoms with E-state index in [9.17, 15) is 13.2 Å². The van der Waals surface area contributed by atoms with Crippen molar-refractivity contribution in [1.82, 2.24) is 20.5 Å². The first-order valence-electron chi connectivity index (χ1n) is 9.14. The van der Waals surface area contributed by atoms with Crippen LogP contribution in [0.15, 0.2) is 10.4 Å². The fourth-order valence-electron chi connectivity index (χ4n) is 2.90. The van der Waals surface area contributed by atoms with Gasteiger partial charge in [-0.25, -0.2) is 4.98 Å². The highest BCUT2D eigenvalue weighted by molar-refractivity contribution is 14.0. The van der Waals surface area contributed by atoms with Crippen molar-refractivity contribution in [2.75, 3.05) is 39.3 Å². The molecule has 0 spiro atoms. The summed E-state index contributed by atoms with van der Waals surface area (Å²) in [6.07, 6.45) is -1.36. The molecule has 27 heavy (non-hydrogen) atoms. The van der Waals surface area contributed by atoms with Crippen LogP contribution in [0.25, 0.3) is 0 Å². The Kier molecular flexibility index (Phi) is 10.9. The largest absolute Gasteiger partial charge is 0.434 e. The lowest BCUT2D eigenvalue weighted by Crippen LogP contribution is -2.39. The Bertz CT molecular complexity index is 573. The number of nitrogens with zero attached hydrogens (tertiary/aromatic N) is 3. The van der Waals surface area contributed by atoms with Crippen molar-refractivity contribution < 1.29 is 13.2 Å². The van der Waals surface area contributed by atoms with E-state index in [1.807, 2.05) is 6.92 Å². The SMILES string of the molecule is CCNC(=NCC(C)CN1CCCC1)NCCc1nc(C(F)(F)F)cs1.I. The second kappa shape index (κ2) is 12.1. The van der Waals surface area contributed by atoms with E-state index in [2.05, 4.69) is 32.4 Å². The standard InChI is InChI=1S/C17H28F3N5S.HI/c1-3-21-16(23-10-13(2)11-25-8-4-5-9-25)22-7-6-15-24-14(12-26-15)17(18,19)20;/h12-13H,3-11H2,1-2H3,(H2,21,22,23);1H. The van der Waals surface area contributed by atoms with Gasteiger partial charge in [-0.05, 0) is 38.8 Å². The predicted octanol–water partition coefficient (Wildman–Crippen LogP) is 3.61. The molecule has 0 bridgehead atoms. The molecule has 1 aliphatic rings. The minimum atomic E-state index is -4.37. The number of aliphatic imine (C=N–C) groups is 1. The van der Waals surface area contributed by atoms with Gasteiger partial charge >= 0.3 is 6.18 Å². The maximum atomic E-state index is 12.6. The van der Waals surface area contributed by atoms with Crippen molar-refractivity contribution in [2.24, 2.45) is 10.9 Å². The monoisotopic (exact) mass is 519 g/mol. The minimum absolute atomic E-state index is 0. The van der Waals surface area contributed by atoms with Crippen LogP contribution in [0.2, 0.25) is 0 Å². The van der Waals surface area contributed by atoms with Gasteiger partial charge in [0.1, 0.15) is 0 Å². The average molecular weight is 519 g/mol. The maximum absolute atomic E-state index is 12.6. The van der Waals surface area contributed by atoms with Crippen molar-refractivity contribution in [3.05, 3.63) is 16.1 Å². The Morgan fingerprint density at radius 1 is 1.33 bits per heavy atom. The number of thiazole rings is 1. The molecule has 1 aromatic heterocycles. The molecule has 0 aliphatic carbocycles. The van der Waals surface area contributed by atoms with Gasteiger partial charge in [0, 0.05) is 38.0 Å². The number of likely N-dealkylation sites (tertiary alicyclic amines) is 1. The zero-order chi connectivity index (χ0) is 19.0. The van der Waals surface area contributed by atoms with Crippen LogP contribution >= 0.6 is 35.3 Å². The third-order valence-electron chi connectivity index (χ3n) is 4.15. The normalized spacial score (nSPS) is 16.9. The van der Waals surface area contributed by atoms with Crippen LogP contribution in [0, 0.1) is 5.92 Å². The molecule has 1 atom stereocenters. The second-order valence-electron chi connectivity index (χ2n) is 6.63. The van der Waals surface area contributed by atoms with E-state index >= 15 is 0 Å². The molecule has 10 heteroatoms. The van der Waals surface area contributed by atoms with Crippen LogP contribution in [0.1, 0.15) is 37.4 Å². The molecular formula is C17H29F3IN5S. The highest BCUT2D eigenvalue weighted by Gasteiger charge is 2.33. The van der Waals surface area contributed by atoms with Gasteiger partial charge < -0.3 is 15.5 Å². The number of guanidine groups is 1. The van der Waals surface area contributed by atoms with E-state index in [4.69, 9.17) is 0 Å². The highest BCUT2D eigenvalue weighted by atomic mass is 127. The summed E-state index contributed by atoms with van der Waals surface area (Å²) in [5.41, 5.74) is -0.811. The molecule has 0 amide bonds. The first-order valence-corrected chi connectivity index (χ1v) is 10.0. The summed E-state index contributed by atoms with van der Waals surface area (Å²) in [5, 5.41) is 7.89. The third kappa shape index (κ3) is 8.95. The van der Waals surface area contributed by atoms with E-state index in [1.165, 1.54) is 25.9 Å². The molecule has 1 aromatic rings. The number of rotatable bonds is 8. The van der Waals surface area contributed by atoms with Crippen LogP contribution < -0.4 is 10.6 Å². The van der Waals surface area contributed by atoms with Gasteiger partial charge in [0.25, 0.3) is 0 Å². The van der Waals surface area contributed by atoms with E-state index in [0.29, 0.717) is 29.9 Å². The van der Waals surface area contributed by atoms with Crippen molar-refractivity contribution in [1.29, 1.82) is 0 Å². The van der Waals surface area contributed by atoms with E-state index in [0.717, 1.165) is 36.4 Å². The summed E-state index contributed by atoms with van der Waals surface area (Å²) in [6.45, 7) is 9.56. The summed E-state index contributed by atoms with van der Waals surface area (Å²) >= 11 is 1.04.